The maximum Gasteiger partial charge on any atom is 0.416 e. The summed E-state index contributed by atoms with van der Waals surface area (Å²) in [5.41, 5.74) is 4.31. The van der Waals surface area contributed by atoms with E-state index in [9.17, 15) is 27.9 Å². The van der Waals surface area contributed by atoms with Crippen LogP contribution in [0.2, 0.25) is 0 Å². The van der Waals surface area contributed by atoms with Crippen LogP contribution < -0.4 is 11.1 Å². The Morgan fingerprint density at radius 2 is 1.78 bits per heavy atom. The first kappa shape index (κ1) is 19.0. The summed E-state index contributed by atoms with van der Waals surface area (Å²) in [6, 6.07) is 2.60. The minimum atomic E-state index is -4.50. The predicted octanol–water partition coefficient (Wildman–Crippen LogP) is 1.76. The zero-order chi connectivity index (χ0) is 17.8. The van der Waals surface area contributed by atoms with Crippen molar-refractivity contribution < 1.29 is 27.9 Å². The highest BCUT2D eigenvalue weighted by atomic mass is 19.4. The predicted molar refractivity (Wildman–Crippen MR) is 77.0 cm³/mol. The number of hydrogen-bond donors (Lipinski definition) is 3. The van der Waals surface area contributed by atoms with Gasteiger partial charge in [-0.15, -0.1) is 0 Å². The van der Waals surface area contributed by atoms with E-state index in [0.29, 0.717) is 6.42 Å². The first-order chi connectivity index (χ1) is 10.6. The van der Waals surface area contributed by atoms with Gasteiger partial charge in [-0.1, -0.05) is 32.4 Å². The van der Waals surface area contributed by atoms with E-state index in [-0.39, 0.29) is 11.5 Å². The van der Waals surface area contributed by atoms with E-state index >= 15 is 0 Å². The molecule has 0 bridgehead atoms. The van der Waals surface area contributed by atoms with E-state index < -0.39 is 35.7 Å². The van der Waals surface area contributed by atoms with Gasteiger partial charge in [0.25, 0.3) is 5.91 Å². The number of primary amides is 1. The molecule has 1 aromatic carbocycles. The largest absolute Gasteiger partial charge is 0.416 e. The maximum absolute atomic E-state index is 12.5. The Labute approximate surface area is 131 Å². The fraction of sp³-hybridized carbons (Fsp3) is 0.467. The van der Waals surface area contributed by atoms with Gasteiger partial charge in [0, 0.05) is 0 Å². The van der Waals surface area contributed by atoms with Gasteiger partial charge in [0.2, 0.25) is 5.91 Å². The molecule has 0 unspecified atom stereocenters. The molecule has 8 heteroatoms. The minimum Gasteiger partial charge on any atom is -0.378 e. The summed E-state index contributed by atoms with van der Waals surface area (Å²) in [4.78, 5) is 23.3. The van der Waals surface area contributed by atoms with Crippen molar-refractivity contribution in [2.75, 3.05) is 0 Å². The number of aliphatic hydroxyl groups is 1. The van der Waals surface area contributed by atoms with Gasteiger partial charge in [0.05, 0.1) is 5.56 Å². The lowest BCUT2D eigenvalue weighted by atomic mass is 9.98. The average molecular weight is 332 g/mol. The highest BCUT2D eigenvalue weighted by Crippen LogP contribution is 2.30. The summed E-state index contributed by atoms with van der Waals surface area (Å²) < 4.78 is 37.4. The van der Waals surface area contributed by atoms with Crippen LogP contribution >= 0.6 is 0 Å². The van der Waals surface area contributed by atoms with Crippen LogP contribution in [0.3, 0.4) is 0 Å². The molecule has 0 aliphatic carbocycles. The minimum absolute atomic E-state index is 0.0112. The number of aliphatic hydroxyl groups excluding tert-OH is 1. The number of carbonyl (C=O) groups excluding carboxylic acids is 2. The molecule has 0 radical (unpaired) electrons. The number of alkyl halides is 3. The maximum atomic E-state index is 12.5. The molecule has 1 rings (SSSR count). The lowest BCUT2D eigenvalue weighted by Gasteiger charge is -2.22. The van der Waals surface area contributed by atoms with Crippen molar-refractivity contribution in [1.82, 2.24) is 5.32 Å². The monoisotopic (exact) mass is 332 g/mol. The summed E-state index contributed by atoms with van der Waals surface area (Å²) in [5, 5.41) is 12.2. The number of nitrogens with one attached hydrogen (secondary N) is 1. The van der Waals surface area contributed by atoms with Crippen LogP contribution in [0, 0.1) is 5.92 Å². The van der Waals surface area contributed by atoms with Crippen LogP contribution in [0.5, 0.6) is 0 Å². The van der Waals surface area contributed by atoms with Gasteiger partial charge in [-0.25, -0.2) is 0 Å². The zero-order valence-corrected chi connectivity index (χ0v) is 12.7. The lowest BCUT2D eigenvalue weighted by molar-refractivity contribution is -0.137. The van der Waals surface area contributed by atoms with Crippen molar-refractivity contribution in [1.29, 1.82) is 0 Å². The standard InChI is InChI=1S/C15H19F3N2O3/c1-3-8(2)11(13(19)22)20-14(23)12(21)9-4-6-10(7-5-9)15(16,17)18/h4-8,11-12,21H,3H2,1-2H3,(H2,19,22)(H,20,23)/t8-,11-,12-/m1/s1. The second kappa shape index (κ2) is 7.45. The molecule has 0 aliphatic rings. The van der Waals surface area contributed by atoms with Crippen LogP contribution in [0.15, 0.2) is 24.3 Å². The number of hydrogen-bond acceptors (Lipinski definition) is 3. The second-order valence-corrected chi connectivity index (χ2v) is 5.30. The summed E-state index contributed by atoms with van der Waals surface area (Å²) in [5.74, 6) is -1.88. The van der Waals surface area contributed by atoms with Crippen LogP contribution in [-0.4, -0.2) is 23.0 Å². The third-order valence-corrected chi connectivity index (χ3v) is 3.62. The molecule has 0 saturated heterocycles. The molecule has 128 valence electrons. The van der Waals surface area contributed by atoms with E-state index in [1.807, 2.05) is 0 Å². The molecule has 4 N–H and O–H groups in total. The molecule has 0 aliphatic heterocycles. The molecule has 0 heterocycles. The molecule has 0 saturated carbocycles. The van der Waals surface area contributed by atoms with Crippen molar-refractivity contribution in [3.8, 4) is 0 Å². The molecule has 2 amide bonds. The molecular weight excluding hydrogens is 313 g/mol. The molecule has 0 spiro atoms. The lowest BCUT2D eigenvalue weighted by Crippen LogP contribution is -2.49. The number of amides is 2. The van der Waals surface area contributed by atoms with Crippen molar-refractivity contribution in [2.24, 2.45) is 11.7 Å². The Kier molecular flexibility index (Phi) is 6.14. The Balaban J connectivity index is 2.85. The fourth-order valence-corrected chi connectivity index (χ4v) is 1.97. The molecule has 0 aromatic heterocycles. The Morgan fingerprint density at radius 3 is 2.17 bits per heavy atom. The number of nitrogens with two attached hydrogens (primary N) is 1. The summed E-state index contributed by atoms with van der Waals surface area (Å²) >= 11 is 0. The molecule has 5 nitrogen and oxygen atoms in total. The van der Waals surface area contributed by atoms with Crippen LogP contribution in [0.1, 0.15) is 37.5 Å². The zero-order valence-electron chi connectivity index (χ0n) is 12.7. The van der Waals surface area contributed by atoms with E-state index in [0.717, 1.165) is 24.3 Å². The van der Waals surface area contributed by atoms with Gasteiger partial charge in [0.15, 0.2) is 6.10 Å². The second-order valence-electron chi connectivity index (χ2n) is 5.30. The quantitative estimate of drug-likeness (QED) is 0.741. The summed E-state index contributed by atoms with van der Waals surface area (Å²) in [6.07, 6.45) is -5.62. The third kappa shape index (κ3) is 4.95. The van der Waals surface area contributed by atoms with E-state index in [1.165, 1.54) is 0 Å². The van der Waals surface area contributed by atoms with Gasteiger partial charge in [-0.3, -0.25) is 9.59 Å². The van der Waals surface area contributed by atoms with Crippen LogP contribution in [0.4, 0.5) is 13.2 Å². The van der Waals surface area contributed by atoms with Crippen molar-refractivity contribution in [3.05, 3.63) is 35.4 Å². The van der Waals surface area contributed by atoms with Crippen LogP contribution in [0.25, 0.3) is 0 Å². The Hall–Kier alpha value is -2.09. The molecule has 3 atom stereocenters. The smallest absolute Gasteiger partial charge is 0.378 e. The molecule has 0 fully saturated rings. The Morgan fingerprint density at radius 1 is 1.26 bits per heavy atom. The van der Waals surface area contributed by atoms with E-state index in [1.54, 1.807) is 13.8 Å². The number of carbonyl (C=O) groups is 2. The van der Waals surface area contributed by atoms with Crippen molar-refractivity contribution in [2.45, 2.75) is 38.6 Å². The number of halogens is 3. The normalized spacial score (nSPS) is 15.6. The fourth-order valence-electron chi connectivity index (χ4n) is 1.97. The SMILES string of the molecule is CC[C@@H](C)[C@@H](NC(=O)[C@H](O)c1ccc(C(F)(F)F)cc1)C(N)=O. The number of rotatable bonds is 6. The number of benzene rings is 1. The Bertz CT molecular complexity index is 558. The van der Waals surface area contributed by atoms with Gasteiger partial charge in [0.1, 0.15) is 6.04 Å². The summed E-state index contributed by atoms with van der Waals surface area (Å²) in [7, 11) is 0. The highest BCUT2D eigenvalue weighted by Gasteiger charge is 2.31. The highest BCUT2D eigenvalue weighted by molar-refractivity contribution is 5.89. The topological polar surface area (TPSA) is 92.4 Å². The molecular formula is C15H19F3N2O3. The van der Waals surface area contributed by atoms with Crippen molar-refractivity contribution >= 4 is 11.8 Å². The average Bonchev–Trinajstić information content (AvgIpc) is 2.49. The van der Waals surface area contributed by atoms with Gasteiger partial charge >= 0.3 is 6.18 Å². The van der Waals surface area contributed by atoms with E-state index in [4.69, 9.17) is 5.73 Å². The van der Waals surface area contributed by atoms with Gasteiger partial charge in [-0.05, 0) is 23.6 Å². The van der Waals surface area contributed by atoms with E-state index in [2.05, 4.69) is 5.32 Å². The summed E-state index contributed by atoms with van der Waals surface area (Å²) in [6.45, 7) is 3.51. The third-order valence-electron chi connectivity index (χ3n) is 3.62. The first-order valence-electron chi connectivity index (χ1n) is 7.02. The van der Waals surface area contributed by atoms with Crippen molar-refractivity contribution in [3.63, 3.8) is 0 Å². The van der Waals surface area contributed by atoms with Gasteiger partial charge in [-0.2, -0.15) is 13.2 Å². The first-order valence-corrected chi connectivity index (χ1v) is 7.02. The molecule has 1 aromatic rings. The van der Waals surface area contributed by atoms with Crippen LogP contribution in [-0.2, 0) is 15.8 Å². The van der Waals surface area contributed by atoms with Gasteiger partial charge < -0.3 is 16.2 Å². The molecule has 23 heavy (non-hydrogen) atoms.